The lowest BCUT2D eigenvalue weighted by Gasteiger charge is -2.22. The van der Waals surface area contributed by atoms with E-state index in [-0.39, 0.29) is 17.5 Å². The van der Waals surface area contributed by atoms with Crippen LogP contribution in [0.15, 0.2) is 28.7 Å². The van der Waals surface area contributed by atoms with Gasteiger partial charge in [0.25, 0.3) is 0 Å². The van der Waals surface area contributed by atoms with Gasteiger partial charge in [-0.15, -0.1) is 0 Å². The number of aromatic amines is 1. The smallest absolute Gasteiger partial charge is 0.217 e. The van der Waals surface area contributed by atoms with E-state index in [4.69, 9.17) is 12.2 Å². The summed E-state index contributed by atoms with van der Waals surface area (Å²) in [4.78, 5) is 6.38. The summed E-state index contributed by atoms with van der Waals surface area (Å²) in [5, 5.41) is 3.19. The van der Waals surface area contributed by atoms with E-state index in [0.717, 1.165) is 10.0 Å². The standard InChI is InChI=1S/C14H17BrN4O2S2/c1-18(12-6-7-23(20,21)8-12)9-19-14(22)16-13(17-19)10-2-4-11(15)5-3-10/h2-5,12H,6-9H2,1H3,(H,16,17,22)/t12-/m0/s1. The van der Waals surface area contributed by atoms with Gasteiger partial charge in [0.1, 0.15) is 0 Å². The molecule has 2 aromatic rings. The number of nitrogens with zero attached hydrogens (tertiary/aromatic N) is 3. The first-order valence-corrected chi connectivity index (χ1v) is 10.2. The van der Waals surface area contributed by atoms with Crippen LogP contribution < -0.4 is 0 Å². The van der Waals surface area contributed by atoms with E-state index in [1.54, 1.807) is 4.68 Å². The van der Waals surface area contributed by atoms with Crippen LogP contribution in [0.1, 0.15) is 6.42 Å². The molecule has 1 aliphatic heterocycles. The molecule has 0 aliphatic carbocycles. The van der Waals surface area contributed by atoms with Gasteiger partial charge >= 0.3 is 0 Å². The number of nitrogens with one attached hydrogen (secondary N) is 1. The van der Waals surface area contributed by atoms with Crippen LogP contribution >= 0.6 is 28.1 Å². The second kappa shape index (κ2) is 6.46. The van der Waals surface area contributed by atoms with E-state index >= 15 is 0 Å². The van der Waals surface area contributed by atoms with Gasteiger partial charge in [0.15, 0.2) is 15.7 Å². The predicted octanol–water partition coefficient (Wildman–Crippen LogP) is 2.45. The molecule has 1 atom stereocenters. The molecular formula is C14H17BrN4O2S2. The van der Waals surface area contributed by atoms with Gasteiger partial charge in [0.2, 0.25) is 4.77 Å². The third-order valence-electron chi connectivity index (χ3n) is 3.99. The molecule has 0 spiro atoms. The molecule has 1 fully saturated rings. The van der Waals surface area contributed by atoms with Crippen molar-refractivity contribution in [3.63, 3.8) is 0 Å². The molecule has 0 amide bonds. The molecular weight excluding hydrogens is 400 g/mol. The molecule has 0 bridgehead atoms. The highest BCUT2D eigenvalue weighted by molar-refractivity contribution is 9.10. The summed E-state index contributed by atoms with van der Waals surface area (Å²) in [6.45, 7) is 0.489. The Hall–Kier alpha value is -1.03. The normalized spacial score (nSPS) is 20.2. The summed E-state index contributed by atoms with van der Waals surface area (Å²) in [5.74, 6) is 1.18. The monoisotopic (exact) mass is 416 g/mol. The van der Waals surface area contributed by atoms with Crippen LogP contribution in [0.2, 0.25) is 0 Å². The van der Waals surface area contributed by atoms with Crippen molar-refractivity contribution in [2.24, 2.45) is 0 Å². The highest BCUT2D eigenvalue weighted by atomic mass is 79.9. The average Bonchev–Trinajstić information content (AvgIpc) is 3.03. The number of aromatic nitrogens is 3. The molecule has 1 aliphatic rings. The van der Waals surface area contributed by atoms with Gasteiger partial charge in [-0.2, -0.15) is 4.98 Å². The maximum Gasteiger partial charge on any atom is 0.217 e. The summed E-state index contributed by atoms with van der Waals surface area (Å²) >= 11 is 8.71. The molecule has 124 valence electrons. The van der Waals surface area contributed by atoms with Gasteiger partial charge in [0.05, 0.1) is 18.2 Å². The van der Waals surface area contributed by atoms with Gasteiger partial charge < -0.3 is 0 Å². The maximum absolute atomic E-state index is 11.6. The van der Waals surface area contributed by atoms with E-state index in [2.05, 4.69) is 26.0 Å². The van der Waals surface area contributed by atoms with Crippen molar-refractivity contribution >= 4 is 38.0 Å². The first-order valence-electron chi connectivity index (χ1n) is 7.17. The number of halogens is 1. The Labute approximate surface area is 148 Å². The Bertz CT molecular complexity index is 858. The number of hydrogen-bond donors (Lipinski definition) is 1. The summed E-state index contributed by atoms with van der Waals surface area (Å²) < 4.78 is 26.4. The highest BCUT2D eigenvalue weighted by Crippen LogP contribution is 2.20. The lowest BCUT2D eigenvalue weighted by atomic mass is 10.2. The van der Waals surface area contributed by atoms with Gasteiger partial charge in [0, 0.05) is 16.1 Å². The Balaban J connectivity index is 1.76. The molecule has 0 radical (unpaired) electrons. The van der Waals surface area contributed by atoms with Crippen molar-refractivity contribution < 1.29 is 8.42 Å². The van der Waals surface area contributed by atoms with Crippen LogP contribution in [-0.4, -0.2) is 52.7 Å². The molecule has 2 heterocycles. The van der Waals surface area contributed by atoms with Crippen LogP contribution in [0.25, 0.3) is 11.4 Å². The van der Waals surface area contributed by atoms with Crippen LogP contribution in [-0.2, 0) is 16.5 Å². The zero-order valence-electron chi connectivity index (χ0n) is 12.6. The first-order chi connectivity index (χ1) is 10.8. The molecule has 1 aromatic carbocycles. The molecule has 3 rings (SSSR count). The van der Waals surface area contributed by atoms with E-state index < -0.39 is 9.84 Å². The fourth-order valence-electron chi connectivity index (χ4n) is 2.65. The van der Waals surface area contributed by atoms with Crippen molar-refractivity contribution in [1.82, 2.24) is 19.7 Å². The summed E-state index contributed by atoms with van der Waals surface area (Å²) in [6.07, 6.45) is 0.667. The quantitative estimate of drug-likeness (QED) is 0.774. The van der Waals surface area contributed by atoms with E-state index in [1.807, 2.05) is 36.2 Å². The molecule has 1 N–H and O–H groups in total. The predicted molar refractivity (Wildman–Crippen MR) is 95.4 cm³/mol. The van der Waals surface area contributed by atoms with Crippen LogP contribution in [0, 0.1) is 4.77 Å². The zero-order valence-corrected chi connectivity index (χ0v) is 15.8. The van der Waals surface area contributed by atoms with E-state index in [0.29, 0.717) is 23.7 Å². The van der Waals surface area contributed by atoms with Crippen LogP contribution in [0.3, 0.4) is 0 Å². The number of H-pyrrole nitrogens is 1. The van der Waals surface area contributed by atoms with Gasteiger partial charge in [-0.1, -0.05) is 28.1 Å². The fourth-order valence-corrected chi connectivity index (χ4v) is 4.92. The highest BCUT2D eigenvalue weighted by Gasteiger charge is 2.30. The fraction of sp³-hybridized carbons (Fsp3) is 0.429. The van der Waals surface area contributed by atoms with Crippen LogP contribution in [0.5, 0.6) is 0 Å². The number of benzene rings is 1. The Morgan fingerprint density at radius 2 is 2.13 bits per heavy atom. The zero-order chi connectivity index (χ0) is 16.6. The van der Waals surface area contributed by atoms with Crippen molar-refractivity contribution in [3.05, 3.63) is 33.5 Å². The second-order valence-electron chi connectivity index (χ2n) is 5.74. The molecule has 6 nitrogen and oxygen atoms in total. The Morgan fingerprint density at radius 1 is 1.43 bits per heavy atom. The molecule has 1 saturated heterocycles. The molecule has 23 heavy (non-hydrogen) atoms. The third-order valence-corrected chi connectivity index (χ3v) is 6.58. The molecule has 0 saturated carbocycles. The third kappa shape index (κ3) is 3.90. The van der Waals surface area contributed by atoms with Crippen molar-refractivity contribution in [2.45, 2.75) is 19.1 Å². The van der Waals surface area contributed by atoms with E-state index in [9.17, 15) is 8.42 Å². The number of rotatable bonds is 4. The minimum Gasteiger partial charge on any atom is -0.283 e. The molecule has 1 aromatic heterocycles. The molecule has 9 heteroatoms. The van der Waals surface area contributed by atoms with E-state index in [1.165, 1.54) is 0 Å². The van der Waals surface area contributed by atoms with Crippen molar-refractivity contribution in [3.8, 4) is 11.4 Å². The lowest BCUT2D eigenvalue weighted by molar-refractivity contribution is 0.197. The van der Waals surface area contributed by atoms with Crippen molar-refractivity contribution in [1.29, 1.82) is 0 Å². The second-order valence-corrected chi connectivity index (χ2v) is 9.25. The average molecular weight is 417 g/mol. The largest absolute Gasteiger partial charge is 0.283 e. The summed E-state index contributed by atoms with van der Waals surface area (Å²) in [7, 11) is -0.982. The first kappa shape index (κ1) is 16.8. The minimum absolute atomic E-state index is 0.0290. The molecule has 0 unspecified atom stereocenters. The minimum atomic E-state index is -2.89. The Kier molecular flexibility index (Phi) is 4.73. The van der Waals surface area contributed by atoms with Crippen LogP contribution in [0.4, 0.5) is 0 Å². The lowest BCUT2D eigenvalue weighted by Crippen LogP contribution is -2.34. The maximum atomic E-state index is 11.6. The number of hydrogen-bond acceptors (Lipinski definition) is 5. The number of sulfone groups is 1. The summed E-state index contributed by atoms with van der Waals surface area (Å²) in [6, 6.07) is 7.83. The summed E-state index contributed by atoms with van der Waals surface area (Å²) in [5.41, 5.74) is 0.948. The Morgan fingerprint density at radius 3 is 2.74 bits per heavy atom. The van der Waals surface area contributed by atoms with Gasteiger partial charge in [-0.25, -0.2) is 13.1 Å². The SMILES string of the molecule is CN(Cn1[nH]c(-c2ccc(Br)cc2)nc1=S)[C@H]1CCS(=O)(=O)C1. The topological polar surface area (TPSA) is 71.0 Å². The van der Waals surface area contributed by atoms with Gasteiger partial charge in [-0.05, 0) is 37.8 Å². The van der Waals surface area contributed by atoms with Gasteiger partial charge in [-0.3, -0.25) is 10.00 Å². The van der Waals surface area contributed by atoms with Crippen molar-refractivity contribution in [2.75, 3.05) is 18.6 Å².